The number of rotatable bonds is 8. The standard InChI is InChI=1S/C11H22O5/c1-10(2,5-6-12)16-8-11(3,4)15-7-9(13)14/h12H,5-8H2,1-4H3,(H,13,14). The number of carbonyl (C=O) groups is 1. The first-order chi connectivity index (χ1) is 7.18. The van der Waals surface area contributed by atoms with Gasteiger partial charge in [-0.25, -0.2) is 4.79 Å². The molecule has 0 spiro atoms. The van der Waals surface area contributed by atoms with Crippen molar-refractivity contribution in [1.29, 1.82) is 0 Å². The van der Waals surface area contributed by atoms with Crippen LogP contribution in [0.25, 0.3) is 0 Å². The Hall–Kier alpha value is -0.650. The van der Waals surface area contributed by atoms with Crippen LogP contribution < -0.4 is 0 Å². The molecule has 0 atom stereocenters. The summed E-state index contributed by atoms with van der Waals surface area (Å²) in [5.74, 6) is -0.998. The molecule has 0 radical (unpaired) electrons. The van der Waals surface area contributed by atoms with Crippen molar-refractivity contribution in [3.63, 3.8) is 0 Å². The first-order valence-corrected chi connectivity index (χ1v) is 5.29. The summed E-state index contributed by atoms with van der Waals surface area (Å²) in [5, 5.41) is 17.3. The number of carboxylic acids is 1. The maximum atomic E-state index is 10.4. The fraction of sp³-hybridized carbons (Fsp3) is 0.909. The van der Waals surface area contributed by atoms with E-state index >= 15 is 0 Å². The summed E-state index contributed by atoms with van der Waals surface area (Å²) in [6.45, 7) is 7.29. The maximum absolute atomic E-state index is 10.4. The monoisotopic (exact) mass is 234 g/mol. The highest BCUT2D eigenvalue weighted by atomic mass is 16.6. The van der Waals surface area contributed by atoms with Crippen molar-refractivity contribution in [3.8, 4) is 0 Å². The molecule has 0 amide bonds. The third-order valence-electron chi connectivity index (χ3n) is 2.11. The summed E-state index contributed by atoms with van der Waals surface area (Å²) < 4.78 is 10.8. The second-order valence-corrected chi connectivity index (χ2v) is 4.96. The number of aliphatic hydroxyl groups excluding tert-OH is 1. The molecule has 0 aromatic carbocycles. The third-order valence-corrected chi connectivity index (χ3v) is 2.11. The Morgan fingerprint density at radius 3 is 2.12 bits per heavy atom. The lowest BCUT2D eigenvalue weighted by Gasteiger charge is -2.31. The molecule has 0 bridgehead atoms. The van der Waals surface area contributed by atoms with Crippen molar-refractivity contribution in [2.75, 3.05) is 19.8 Å². The largest absolute Gasteiger partial charge is 0.480 e. The van der Waals surface area contributed by atoms with E-state index in [1.807, 2.05) is 13.8 Å². The smallest absolute Gasteiger partial charge is 0.329 e. The molecule has 16 heavy (non-hydrogen) atoms. The van der Waals surface area contributed by atoms with Gasteiger partial charge in [-0.15, -0.1) is 0 Å². The number of aliphatic carboxylic acids is 1. The minimum Gasteiger partial charge on any atom is -0.480 e. The lowest BCUT2D eigenvalue weighted by atomic mass is 10.1. The zero-order valence-electron chi connectivity index (χ0n) is 10.4. The predicted octanol–water partition coefficient (Wildman–Crippen LogP) is 1.04. The van der Waals surface area contributed by atoms with Gasteiger partial charge in [0, 0.05) is 6.61 Å². The predicted molar refractivity (Wildman–Crippen MR) is 59.4 cm³/mol. The quantitative estimate of drug-likeness (QED) is 0.656. The first kappa shape index (κ1) is 15.3. The number of carboxylic acid groups (broad SMARTS) is 1. The zero-order chi connectivity index (χ0) is 12.8. The van der Waals surface area contributed by atoms with Crippen molar-refractivity contribution in [3.05, 3.63) is 0 Å². The molecule has 0 aromatic rings. The number of hydrogen-bond acceptors (Lipinski definition) is 4. The number of hydrogen-bond donors (Lipinski definition) is 2. The number of ether oxygens (including phenoxy) is 2. The van der Waals surface area contributed by atoms with Crippen LogP contribution in [-0.2, 0) is 14.3 Å². The van der Waals surface area contributed by atoms with Gasteiger partial charge in [-0.05, 0) is 34.1 Å². The molecule has 0 aromatic heterocycles. The average Bonchev–Trinajstić information content (AvgIpc) is 2.13. The fourth-order valence-corrected chi connectivity index (χ4v) is 1.01. The molecule has 0 aliphatic carbocycles. The van der Waals surface area contributed by atoms with Crippen LogP contribution in [0.1, 0.15) is 34.1 Å². The topological polar surface area (TPSA) is 76.0 Å². The second kappa shape index (κ2) is 6.18. The summed E-state index contributed by atoms with van der Waals surface area (Å²) in [4.78, 5) is 10.4. The van der Waals surface area contributed by atoms with Crippen LogP contribution in [0.4, 0.5) is 0 Å². The molecule has 2 N–H and O–H groups in total. The van der Waals surface area contributed by atoms with Crippen LogP contribution in [0.3, 0.4) is 0 Å². The van der Waals surface area contributed by atoms with Gasteiger partial charge >= 0.3 is 5.97 Å². The van der Waals surface area contributed by atoms with Crippen LogP contribution in [0.5, 0.6) is 0 Å². The SMILES string of the molecule is CC(C)(CCO)OCC(C)(C)OCC(=O)O. The van der Waals surface area contributed by atoms with Gasteiger partial charge in [0.15, 0.2) is 0 Å². The Morgan fingerprint density at radius 1 is 1.12 bits per heavy atom. The maximum Gasteiger partial charge on any atom is 0.329 e. The summed E-state index contributed by atoms with van der Waals surface area (Å²) in [6.07, 6.45) is 0.530. The minimum atomic E-state index is -0.998. The van der Waals surface area contributed by atoms with Crippen LogP contribution in [0.15, 0.2) is 0 Å². The van der Waals surface area contributed by atoms with Gasteiger partial charge in [0.1, 0.15) is 6.61 Å². The molecule has 0 fully saturated rings. The fourth-order valence-electron chi connectivity index (χ4n) is 1.01. The molecule has 5 heteroatoms. The van der Waals surface area contributed by atoms with E-state index in [0.29, 0.717) is 6.42 Å². The third kappa shape index (κ3) is 7.62. The summed E-state index contributed by atoms with van der Waals surface area (Å²) in [5.41, 5.74) is -1.08. The van der Waals surface area contributed by atoms with Crippen molar-refractivity contribution < 1.29 is 24.5 Å². The van der Waals surface area contributed by atoms with Crippen LogP contribution >= 0.6 is 0 Å². The molecule has 0 rings (SSSR count). The van der Waals surface area contributed by atoms with Gasteiger partial charge in [0.05, 0.1) is 17.8 Å². The van der Waals surface area contributed by atoms with Crippen molar-refractivity contribution in [1.82, 2.24) is 0 Å². The molecule has 0 aliphatic heterocycles. The van der Waals surface area contributed by atoms with Crippen molar-refractivity contribution in [2.45, 2.75) is 45.3 Å². The molecular formula is C11H22O5. The molecule has 0 unspecified atom stereocenters. The van der Waals surface area contributed by atoms with E-state index < -0.39 is 17.2 Å². The normalized spacial score (nSPS) is 12.8. The summed E-state index contributed by atoms with van der Waals surface area (Å²) >= 11 is 0. The lowest BCUT2D eigenvalue weighted by Crippen LogP contribution is -2.38. The van der Waals surface area contributed by atoms with Crippen LogP contribution in [0, 0.1) is 0 Å². The molecule has 0 heterocycles. The van der Waals surface area contributed by atoms with Gasteiger partial charge < -0.3 is 19.7 Å². The highest BCUT2D eigenvalue weighted by Gasteiger charge is 2.25. The Morgan fingerprint density at radius 2 is 1.69 bits per heavy atom. The molecule has 0 saturated heterocycles. The second-order valence-electron chi connectivity index (χ2n) is 4.96. The molecule has 96 valence electrons. The minimum absolute atomic E-state index is 0.0589. The molecule has 0 saturated carbocycles. The van der Waals surface area contributed by atoms with E-state index in [-0.39, 0.29) is 19.8 Å². The Kier molecular flexibility index (Phi) is 5.92. The van der Waals surface area contributed by atoms with Crippen molar-refractivity contribution in [2.24, 2.45) is 0 Å². The summed E-state index contributed by atoms with van der Waals surface area (Å²) in [7, 11) is 0. The zero-order valence-corrected chi connectivity index (χ0v) is 10.4. The Bertz CT molecular complexity index is 222. The van der Waals surface area contributed by atoms with Gasteiger partial charge in [-0.2, -0.15) is 0 Å². The summed E-state index contributed by atoms with van der Waals surface area (Å²) in [6, 6.07) is 0. The van der Waals surface area contributed by atoms with Crippen molar-refractivity contribution >= 4 is 5.97 Å². The van der Waals surface area contributed by atoms with Gasteiger partial charge in [-0.1, -0.05) is 0 Å². The van der Waals surface area contributed by atoms with Crippen LogP contribution in [-0.4, -0.2) is 47.2 Å². The van der Waals surface area contributed by atoms with Gasteiger partial charge in [0.25, 0.3) is 0 Å². The Balaban J connectivity index is 4.01. The van der Waals surface area contributed by atoms with Gasteiger partial charge in [0.2, 0.25) is 0 Å². The first-order valence-electron chi connectivity index (χ1n) is 5.29. The molecule has 0 aliphatic rings. The highest BCUT2D eigenvalue weighted by molar-refractivity contribution is 5.68. The Labute approximate surface area is 96.4 Å². The molecular weight excluding hydrogens is 212 g/mol. The van der Waals surface area contributed by atoms with E-state index in [1.54, 1.807) is 13.8 Å². The number of aliphatic hydroxyl groups is 1. The average molecular weight is 234 g/mol. The highest BCUT2D eigenvalue weighted by Crippen LogP contribution is 2.18. The lowest BCUT2D eigenvalue weighted by molar-refractivity contribution is -0.157. The van der Waals surface area contributed by atoms with Crippen LogP contribution in [0.2, 0.25) is 0 Å². The van der Waals surface area contributed by atoms with E-state index in [4.69, 9.17) is 19.7 Å². The molecule has 5 nitrogen and oxygen atoms in total. The van der Waals surface area contributed by atoms with Gasteiger partial charge in [-0.3, -0.25) is 0 Å². The van der Waals surface area contributed by atoms with E-state index in [0.717, 1.165) is 0 Å². The van der Waals surface area contributed by atoms with E-state index in [2.05, 4.69) is 0 Å². The van der Waals surface area contributed by atoms with E-state index in [9.17, 15) is 4.79 Å². The van der Waals surface area contributed by atoms with E-state index in [1.165, 1.54) is 0 Å².